The van der Waals surface area contributed by atoms with Gasteiger partial charge < -0.3 is 5.32 Å². The first kappa shape index (κ1) is 13.5. The van der Waals surface area contributed by atoms with Crippen molar-refractivity contribution in [2.45, 2.75) is 25.7 Å². The van der Waals surface area contributed by atoms with Crippen LogP contribution in [0.3, 0.4) is 0 Å². The van der Waals surface area contributed by atoms with Gasteiger partial charge in [-0.25, -0.2) is 9.97 Å². The maximum atomic E-state index is 6.07. The molecule has 0 bridgehead atoms. The van der Waals surface area contributed by atoms with Gasteiger partial charge in [0.05, 0.1) is 5.69 Å². The number of benzene rings is 1. The number of halogens is 1. The van der Waals surface area contributed by atoms with Gasteiger partial charge in [0.2, 0.25) is 0 Å². The molecule has 104 valence electrons. The summed E-state index contributed by atoms with van der Waals surface area (Å²) in [6, 6.07) is 9.84. The Kier molecular flexibility index (Phi) is 3.99. The highest BCUT2D eigenvalue weighted by Crippen LogP contribution is 2.25. The molecule has 0 saturated carbocycles. The predicted molar refractivity (Wildman–Crippen MR) is 82.1 cm³/mol. The van der Waals surface area contributed by atoms with E-state index in [1.165, 1.54) is 6.42 Å². The van der Waals surface area contributed by atoms with Crippen molar-refractivity contribution in [1.29, 1.82) is 0 Å². The van der Waals surface area contributed by atoms with Crippen molar-refractivity contribution in [3.63, 3.8) is 0 Å². The maximum absolute atomic E-state index is 6.07. The minimum Gasteiger partial charge on any atom is -0.316 e. The van der Waals surface area contributed by atoms with Gasteiger partial charge in [0.25, 0.3) is 0 Å². The lowest BCUT2D eigenvalue weighted by molar-refractivity contribution is 0.446. The van der Waals surface area contributed by atoms with E-state index in [0.717, 1.165) is 47.3 Å². The highest BCUT2D eigenvalue weighted by molar-refractivity contribution is 6.30. The summed E-state index contributed by atoms with van der Waals surface area (Å²) in [4.78, 5) is 9.38. The Morgan fingerprint density at radius 1 is 1.25 bits per heavy atom. The number of aromatic nitrogens is 2. The fourth-order valence-electron chi connectivity index (χ4n) is 2.64. The zero-order valence-electron chi connectivity index (χ0n) is 11.6. The predicted octanol–water partition coefficient (Wildman–Crippen LogP) is 3.57. The summed E-state index contributed by atoms with van der Waals surface area (Å²) in [6.07, 6.45) is 2.35. The molecular formula is C16H18ClN3. The Morgan fingerprint density at radius 3 is 2.90 bits per heavy atom. The van der Waals surface area contributed by atoms with Crippen LogP contribution < -0.4 is 5.32 Å². The van der Waals surface area contributed by atoms with Crippen molar-refractivity contribution in [2.75, 3.05) is 13.1 Å². The molecule has 2 aromatic rings. The normalized spacial score (nSPS) is 19.0. The van der Waals surface area contributed by atoms with Gasteiger partial charge in [-0.15, -0.1) is 0 Å². The highest BCUT2D eigenvalue weighted by Gasteiger charge is 2.19. The highest BCUT2D eigenvalue weighted by atomic mass is 35.5. The van der Waals surface area contributed by atoms with Crippen molar-refractivity contribution >= 4 is 11.6 Å². The molecule has 1 fully saturated rings. The summed E-state index contributed by atoms with van der Waals surface area (Å²) in [5.41, 5.74) is 3.02. The average Bonchev–Trinajstić information content (AvgIpc) is 2.47. The van der Waals surface area contributed by atoms with Gasteiger partial charge in [-0.1, -0.05) is 23.7 Å². The van der Waals surface area contributed by atoms with Crippen LogP contribution in [-0.2, 0) is 0 Å². The van der Waals surface area contributed by atoms with Gasteiger partial charge in [-0.2, -0.15) is 0 Å². The molecule has 0 aliphatic carbocycles. The molecule has 0 amide bonds. The molecule has 0 radical (unpaired) electrons. The Labute approximate surface area is 124 Å². The van der Waals surface area contributed by atoms with Crippen LogP contribution in [0.1, 0.15) is 30.3 Å². The minimum absolute atomic E-state index is 0.418. The van der Waals surface area contributed by atoms with Crippen LogP contribution in [0.4, 0.5) is 0 Å². The van der Waals surface area contributed by atoms with E-state index in [-0.39, 0.29) is 0 Å². The lowest BCUT2D eigenvalue weighted by Gasteiger charge is -2.22. The molecule has 1 aliphatic rings. The van der Waals surface area contributed by atoms with Gasteiger partial charge in [-0.05, 0) is 44.5 Å². The van der Waals surface area contributed by atoms with Crippen LogP contribution >= 0.6 is 11.6 Å². The SMILES string of the molecule is Cc1cc(-c2cccc(Cl)c2)nc([C@@H]2CCCNC2)n1. The van der Waals surface area contributed by atoms with Crippen LogP contribution in [-0.4, -0.2) is 23.1 Å². The molecule has 0 unspecified atom stereocenters. The molecule has 4 heteroatoms. The molecule has 3 rings (SSSR count). The standard InChI is InChI=1S/C16H18ClN3/c1-11-8-15(12-4-2-6-14(17)9-12)20-16(19-11)13-5-3-7-18-10-13/h2,4,6,8-9,13,18H,3,5,7,10H2,1H3/t13-/m1/s1. The number of nitrogens with zero attached hydrogens (tertiary/aromatic N) is 2. The fourth-order valence-corrected chi connectivity index (χ4v) is 2.83. The maximum Gasteiger partial charge on any atom is 0.133 e. The van der Waals surface area contributed by atoms with E-state index in [0.29, 0.717) is 5.92 Å². The van der Waals surface area contributed by atoms with Gasteiger partial charge in [0, 0.05) is 28.7 Å². The number of piperidine rings is 1. The molecule has 3 nitrogen and oxygen atoms in total. The number of hydrogen-bond acceptors (Lipinski definition) is 3. The number of aryl methyl sites for hydroxylation is 1. The molecule has 1 aromatic carbocycles. The fraction of sp³-hybridized carbons (Fsp3) is 0.375. The molecule has 20 heavy (non-hydrogen) atoms. The van der Waals surface area contributed by atoms with Crippen molar-refractivity contribution in [3.05, 3.63) is 46.9 Å². The van der Waals surface area contributed by atoms with Gasteiger partial charge in [0.15, 0.2) is 0 Å². The van der Waals surface area contributed by atoms with Gasteiger partial charge >= 0.3 is 0 Å². The third-order valence-electron chi connectivity index (χ3n) is 3.65. The van der Waals surface area contributed by atoms with Crippen molar-refractivity contribution in [3.8, 4) is 11.3 Å². The van der Waals surface area contributed by atoms with Crippen LogP contribution in [0, 0.1) is 6.92 Å². The van der Waals surface area contributed by atoms with E-state index < -0.39 is 0 Å². The summed E-state index contributed by atoms with van der Waals surface area (Å²) in [6.45, 7) is 4.09. The Bertz CT molecular complexity index is 606. The van der Waals surface area contributed by atoms with Gasteiger partial charge in [-0.3, -0.25) is 0 Å². The van der Waals surface area contributed by atoms with Crippen LogP contribution in [0.2, 0.25) is 5.02 Å². The molecule has 1 saturated heterocycles. The Balaban J connectivity index is 1.97. The zero-order chi connectivity index (χ0) is 13.9. The topological polar surface area (TPSA) is 37.8 Å². The zero-order valence-corrected chi connectivity index (χ0v) is 12.3. The average molecular weight is 288 g/mol. The van der Waals surface area contributed by atoms with Crippen LogP contribution in [0.15, 0.2) is 30.3 Å². The summed E-state index contributed by atoms with van der Waals surface area (Å²) >= 11 is 6.07. The Hall–Kier alpha value is -1.45. The van der Waals surface area contributed by atoms with E-state index in [9.17, 15) is 0 Å². The summed E-state index contributed by atoms with van der Waals surface area (Å²) in [5, 5.41) is 4.16. The van der Waals surface area contributed by atoms with E-state index in [2.05, 4.69) is 10.3 Å². The van der Waals surface area contributed by atoms with Crippen LogP contribution in [0.5, 0.6) is 0 Å². The first-order valence-corrected chi connectivity index (χ1v) is 7.42. The number of hydrogen-bond donors (Lipinski definition) is 1. The smallest absolute Gasteiger partial charge is 0.133 e. The molecular weight excluding hydrogens is 270 g/mol. The van der Waals surface area contributed by atoms with Crippen molar-refractivity contribution < 1.29 is 0 Å². The monoisotopic (exact) mass is 287 g/mol. The first-order chi connectivity index (χ1) is 9.72. The summed E-state index contributed by atoms with van der Waals surface area (Å²) in [5.74, 6) is 1.37. The molecule has 1 aromatic heterocycles. The second kappa shape index (κ2) is 5.90. The third kappa shape index (κ3) is 3.00. The van der Waals surface area contributed by atoms with Crippen LogP contribution in [0.25, 0.3) is 11.3 Å². The molecule has 0 spiro atoms. The van der Waals surface area contributed by atoms with Gasteiger partial charge in [0.1, 0.15) is 5.82 Å². The lowest BCUT2D eigenvalue weighted by Crippen LogP contribution is -2.29. The lowest BCUT2D eigenvalue weighted by atomic mass is 9.98. The quantitative estimate of drug-likeness (QED) is 0.917. The number of nitrogens with one attached hydrogen (secondary N) is 1. The van der Waals surface area contributed by atoms with E-state index >= 15 is 0 Å². The molecule has 1 aliphatic heterocycles. The summed E-state index contributed by atoms with van der Waals surface area (Å²) < 4.78 is 0. The summed E-state index contributed by atoms with van der Waals surface area (Å²) in [7, 11) is 0. The number of rotatable bonds is 2. The van der Waals surface area contributed by atoms with E-state index in [4.69, 9.17) is 16.6 Å². The Morgan fingerprint density at radius 2 is 2.15 bits per heavy atom. The molecule has 2 heterocycles. The molecule has 1 N–H and O–H groups in total. The minimum atomic E-state index is 0.418. The second-order valence-electron chi connectivity index (χ2n) is 5.31. The van der Waals surface area contributed by atoms with E-state index in [1.807, 2.05) is 37.3 Å². The third-order valence-corrected chi connectivity index (χ3v) is 3.89. The van der Waals surface area contributed by atoms with Crippen molar-refractivity contribution in [1.82, 2.24) is 15.3 Å². The first-order valence-electron chi connectivity index (χ1n) is 7.04. The van der Waals surface area contributed by atoms with Crippen molar-refractivity contribution in [2.24, 2.45) is 0 Å². The second-order valence-corrected chi connectivity index (χ2v) is 5.74. The molecule has 1 atom stereocenters. The van der Waals surface area contributed by atoms with E-state index in [1.54, 1.807) is 0 Å². The largest absolute Gasteiger partial charge is 0.316 e.